The van der Waals surface area contributed by atoms with Crippen LogP contribution in [0.25, 0.3) is 22.4 Å². The van der Waals surface area contributed by atoms with Gasteiger partial charge in [0, 0.05) is 0 Å². The van der Waals surface area contributed by atoms with Gasteiger partial charge in [0.2, 0.25) is 0 Å². The fraction of sp³-hybridized carbons (Fsp3) is 0.567. The third-order valence-corrected chi connectivity index (χ3v) is 11.8. The third-order valence-electron chi connectivity index (χ3n) is 8.06. The summed E-state index contributed by atoms with van der Waals surface area (Å²) in [7, 11) is 1.78. The van der Waals surface area contributed by atoms with E-state index in [9.17, 15) is 14.7 Å². The van der Waals surface area contributed by atoms with E-state index in [0.717, 1.165) is 91.5 Å². The number of esters is 1. The predicted molar refractivity (Wildman–Crippen MR) is 153 cm³/mol. The van der Waals surface area contributed by atoms with Gasteiger partial charge in [-0.1, -0.05) is 0 Å². The molecule has 1 N–H and O–H groups in total. The van der Waals surface area contributed by atoms with Crippen molar-refractivity contribution in [1.82, 2.24) is 14.1 Å². The molecule has 1 saturated carbocycles. The summed E-state index contributed by atoms with van der Waals surface area (Å²) in [5.41, 5.74) is 4.72. The zero-order valence-electron chi connectivity index (χ0n) is 23.2. The van der Waals surface area contributed by atoms with Crippen molar-refractivity contribution in [3.8, 4) is 11.4 Å². The predicted octanol–water partition coefficient (Wildman–Crippen LogP) is 3.73. The number of benzene rings is 1. The van der Waals surface area contributed by atoms with Crippen LogP contribution in [0.4, 0.5) is 0 Å². The Labute approximate surface area is 236 Å². The molecule has 3 heterocycles. The summed E-state index contributed by atoms with van der Waals surface area (Å²) in [5, 5.41) is 11.1. The number of aliphatic hydroxyl groups excluding tert-OH is 1. The van der Waals surface area contributed by atoms with Crippen LogP contribution in [-0.2, 0) is 33.1 Å². The summed E-state index contributed by atoms with van der Waals surface area (Å²) in [5.74, 6) is 1.14. The number of hydrogen-bond acceptors (Lipinski definition) is 6. The standard InChI is InChI=1S/C30H40AsN3O5/c1-19-14-23(18-33(3)29(19)36)28-32-25-15-22(8-9-26(25)34(28)17-21-10-12-38-13-11-21)16-31-27(20(2)35)30(37)39-24-6-4-5-7-24/h8-9,14-15,18,20-21,24,27,31,35H,4-7,10-13,16-17H2,1-3H3/t20-,27+/m1/s1. The van der Waals surface area contributed by atoms with Crippen molar-refractivity contribution in [3.05, 3.63) is 51.9 Å². The number of aryl methyl sites for hydroxylation is 2. The van der Waals surface area contributed by atoms with Crippen molar-refractivity contribution in [2.75, 3.05) is 13.2 Å². The van der Waals surface area contributed by atoms with Gasteiger partial charge >= 0.3 is 237 Å². The molecular formula is C30H40AsN3O5. The van der Waals surface area contributed by atoms with Crippen LogP contribution in [0, 0.1) is 12.8 Å². The first-order valence-electron chi connectivity index (χ1n) is 14.2. The van der Waals surface area contributed by atoms with Gasteiger partial charge in [-0.25, -0.2) is 0 Å². The van der Waals surface area contributed by atoms with Crippen molar-refractivity contribution in [2.45, 2.75) is 81.0 Å². The van der Waals surface area contributed by atoms with Crippen LogP contribution in [0.15, 0.2) is 35.3 Å². The summed E-state index contributed by atoms with van der Waals surface area (Å²) < 4.78 is 14.8. The fourth-order valence-electron chi connectivity index (χ4n) is 5.80. The fourth-order valence-corrected chi connectivity index (χ4v) is 8.43. The van der Waals surface area contributed by atoms with Gasteiger partial charge < -0.3 is 0 Å². The molecular weight excluding hydrogens is 557 g/mol. The molecule has 1 aliphatic carbocycles. The minimum atomic E-state index is -0.824. The second-order valence-corrected chi connectivity index (χ2v) is 14.1. The molecule has 0 bridgehead atoms. The summed E-state index contributed by atoms with van der Waals surface area (Å²) in [6, 6.07) is 8.32. The van der Waals surface area contributed by atoms with Gasteiger partial charge in [0.1, 0.15) is 0 Å². The van der Waals surface area contributed by atoms with Gasteiger partial charge in [-0.05, 0) is 0 Å². The Bertz CT molecular complexity index is 1340. The van der Waals surface area contributed by atoms with E-state index in [-0.39, 0.29) is 17.6 Å². The molecule has 2 aromatic heterocycles. The Morgan fingerprint density at radius 1 is 1.21 bits per heavy atom. The van der Waals surface area contributed by atoms with E-state index in [4.69, 9.17) is 14.5 Å². The number of nitrogens with zero attached hydrogens (tertiary/aromatic N) is 3. The average Bonchev–Trinajstić information content (AvgIpc) is 3.55. The Hall–Kier alpha value is -2.41. The Morgan fingerprint density at radius 2 is 1.95 bits per heavy atom. The number of imidazole rings is 1. The normalized spacial score (nSPS) is 18.8. The van der Waals surface area contributed by atoms with E-state index in [1.807, 2.05) is 19.2 Å². The maximum absolute atomic E-state index is 12.8. The molecule has 2 fully saturated rings. The van der Waals surface area contributed by atoms with Crippen molar-refractivity contribution in [3.63, 3.8) is 0 Å². The zero-order valence-corrected chi connectivity index (χ0v) is 25.3. The van der Waals surface area contributed by atoms with E-state index >= 15 is 0 Å². The molecule has 1 saturated heterocycles. The molecule has 5 rings (SSSR count). The van der Waals surface area contributed by atoms with Crippen molar-refractivity contribution >= 4 is 32.8 Å². The van der Waals surface area contributed by atoms with Crippen molar-refractivity contribution in [1.29, 1.82) is 0 Å². The first-order valence-corrected chi connectivity index (χ1v) is 16.9. The molecule has 0 radical (unpaired) electrons. The second kappa shape index (κ2) is 12.4. The SMILES string of the molecule is Cc1cc(-c2nc3cc(C[AsH][C@H](C(=O)OC4CCCC4)[C@@H](C)O)ccc3n2CC2CCOCC2)cn(C)c1=O. The quantitative estimate of drug-likeness (QED) is 0.299. The van der Waals surface area contributed by atoms with Crippen molar-refractivity contribution < 1.29 is 19.4 Å². The zero-order chi connectivity index (χ0) is 27.5. The Kier molecular flexibility index (Phi) is 8.95. The number of hydrogen-bond donors (Lipinski definition) is 1. The minimum absolute atomic E-state index is 0.00304. The Morgan fingerprint density at radius 3 is 2.64 bits per heavy atom. The number of aliphatic hydroxyl groups is 1. The van der Waals surface area contributed by atoms with E-state index in [1.165, 1.54) is 0 Å². The number of carbonyl (C=O) groups excluding carboxylic acids is 1. The Balaban J connectivity index is 1.41. The van der Waals surface area contributed by atoms with Gasteiger partial charge in [-0.3, -0.25) is 0 Å². The van der Waals surface area contributed by atoms with Crippen LogP contribution < -0.4 is 5.56 Å². The molecule has 210 valence electrons. The van der Waals surface area contributed by atoms with Crippen LogP contribution in [0.1, 0.15) is 56.6 Å². The third kappa shape index (κ3) is 6.50. The molecule has 0 spiro atoms. The number of fused-ring (bicyclic) bond motifs is 1. The number of carbonyl (C=O) groups is 1. The molecule has 1 aliphatic heterocycles. The van der Waals surface area contributed by atoms with Gasteiger partial charge in [0.05, 0.1) is 0 Å². The summed E-state index contributed by atoms with van der Waals surface area (Å²) in [6.07, 6.45) is 7.30. The van der Waals surface area contributed by atoms with E-state index in [1.54, 1.807) is 18.5 Å². The molecule has 3 atom stereocenters. The average molecular weight is 598 g/mol. The monoisotopic (exact) mass is 597 g/mol. The maximum atomic E-state index is 12.8. The van der Waals surface area contributed by atoms with Crippen LogP contribution in [-0.4, -0.2) is 66.4 Å². The second-order valence-electron chi connectivity index (χ2n) is 11.2. The van der Waals surface area contributed by atoms with Crippen LogP contribution >= 0.6 is 0 Å². The topological polar surface area (TPSA) is 95.6 Å². The molecule has 0 amide bonds. The number of ether oxygens (including phenoxy) is 2. The van der Waals surface area contributed by atoms with Gasteiger partial charge in [0.25, 0.3) is 0 Å². The molecule has 1 aromatic carbocycles. The molecule has 1 unspecified atom stereocenters. The van der Waals surface area contributed by atoms with Crippen LogP contribution in [0.5, 0.6) is 0 Å². The number of rotatable bonds is 9. The summed E-state index contributed by atoms with van der Waals surface area (Å²) in [4.78, 5) is 30.3. The van der Waals surface area contributed by atoms with Gasteiger partial charge in [0.15, 0.2) is 0 Å². The number of pyridine rings is 1. The van der Waals surface area contributed by atoms with E-state index in [2.05, 4.69) is 22.8 Å². The first kappa shape index (κ1) is 28.1. The molecule has 2 aliphatic rings. The molecule has 3 aromatic rings. The molecule has 8 nitrogen and oxygen atoms in total. The summed E-state index contributed by atoms with van der Waals surface area (Å²) >= 11 is -0.824. The van der Waals surface area contributed by atoms with Crippen molar-refractivity contribution in [2.24, 2.45) is 13.0 Å². The molecule has 9 heteroatoms. The number of aromatic nitrogens is 3. The van der Waals surface area contributed by atoms with Crippen LogP contribution in [0.3, 0.4) is 0 Å². The van der Waals surface area contributed by atoms with Crippen LogP contribution in [0.2, 0.25) is 4.71 Å². The van der Waals surface area contributed by atoms with E-state index < -0.39 is 26.6 Å². The summed E-state index contributed by atoms with van der Waals surface area (Å²) in [6.45, 7) is 5.96. The first-order chi connectivity index (χ1) is 18.8. The molecule has 39 heavy (non-hydrogen) atoms. The van der Waals surface area contributed by atoms with Gasteiger partial charge in [-0.2, -0.15) is 0 Å². The van der Waals surface area contributed by atoms with E-state index in [0.29, 0.717) is 11.5 Å². The van der Waals surface area contributed by atoms with Gasteiger partial charge in [-0.15, -0.1) is 0 Å².